The molecule has 0 atom stereocenters. The van der Waals surface area contributed by atoms with Gasteiger partial charge in [0.25, 0.3) is 0 Å². The van der Waals surface area contributed by atoms with E-state index in [0.29, 0.717) is 0 Å². The molecular weight excluding hydrogens is 287 g/mol. The Morgan fingerprint density at radius 1 is 0.588 bits per heavy atom. The van der Waals surface area contributed by atoms with Crippen LogP contribution in [0.25, 0.3) is 0 Å². The van der Waals surface area contributed by atoms with Crippen molar-refractivity contribution in [1.82, 2.24) is 0 Å². The van der Waals surface area contributed by atoms with Crippen molar-refractivity contribution in [2.45, 2.75) is 59.3 Å². The first-order valence-corrected chi connectivity index (χ1v) is 5.99. The van der Waals surface area contributed by atoms with Crippen molar-refractivity contribution in [3.8, 4) is 0 Å². The second kappa shape index (κ2) is 43.0. The van der Waals surface area contributed by atoms with Crippen LogP contribution in [-0.2, 0) is 17.1 Å². The van der Waals surface area contributed by atoms with Crippen LogP contribution in [0.15, 0.2) is 0 Å². The summed E-state index contributed by atoms with van der Waals surface area (Å²) in [5.41, 5.74) is 0. The van der Waals surface area contributed by atoms with Crippen LogP contribution in [0.3, 0.4) is 0 Å². The second-order valence-electron chi connectivity index (χ2n) is 3.17. The fraction of sp³-hybridized carbons (Fsp3) is 1.00. The first-order valence-electron chi connectivity index (χ1n) is 5.99. The number of hydrogen-bond acceptors (Lipinski definition) is 3. The van der Waals surface area contributed by atoms with E-state index in [1.807, 2.05) is 20.8 Å². The van der Waals surface area contributed by atoms with Gasteiger partial charge in [0, 0.05) is 0 Å². The van der Waals surface area contributed by atoms with E-state index in [2.05, 4.69) is 0 Å². The predicted molar refractivity (Wildman–Crippen MR) is 59.3 cm³/mol. The van der Waals surface area contributed by atoms with Crippen molar-refractivity contribution in [1.29, 1.82) is 0 Å². The second-order valence-corrected chi connectivity index (χ2v) is 3.17. The van der Waals surface area contributed by atoms with Crippen molar-refractivity contribution in [2.24, 2.45) is 0 Å². The van der Waals surface area contributed by atoms with Crippen molar-refractivity contribution < 1.29 is 83.8 Å². The minimum absolute atomic E-state index is 0. The van der Waals surface area contributed by atoms with E-state index in [-0.39, 0.29) is 88.3 Å². The molecule has 0 aromatic heterocycles. The van der Waals surface area contributed by atoms with E-state index < -0.39 is 0 Å². The molecule has 0 aromatic carbocycles. The summed E-state index contributed by atoms with van der Waals surface area (Å²) in [7, 11) is 0. The van der Waals surface area contributed by atoms with E-state index in [9.17, 15) is 15.3 Å². The predicted octanol–water partition coefficient (Wildman–Crippen LogP) is -2.56. The molecule has 0 aliphatic carbocycles. The summed E-state index contributed by atoms with van der Waals surface area (Å²) in [6.45, 7) is 6.32. The first kappa shape index (κ1) is 31.4. The quantitative estimate of drug-likeness (QED) is 0.507. The standard InChI is InChI=1S/3C4H9O.Fe.K/c3*1-2-3-4-5;;/h3*2-4H2,1H3;;/q3*-1;+2;+1. The van der Waals surface area contributed by atoms with Gasteiger partial charge in [-0.05, 0) is 0 Å². The molecule has 3 nitrogen and oxygen atoms in total. The topological polar surface area (TPSA) is 69.2 Å². The van der Waals surface area contributed by atoms with Crippen LogP contribution in [-0.4, -0.2) is 19.8 Å². The first-order chi connectivity index (χ1) is 7.24. The molecule has 0 radical (unpaired) electrons. The van der Waals surface area contributed by atoms with Crippen molar-refractivity contribution in [3.05, 3.63) is 0 Å². The summed E-state index contributed by atoms with van der Waals surface area (Å²) < 4.78 is 0. The van der Waals surface area contributed by atoms with E-state index in [1.54, 1.807) is 0 Å². The molecule has 0 N–H and O–H groups in total. The van der Waals surface area contributed by atoms with Gasteiger partial charge in [-0.3, -0.25) is 0 Å². The Morgan fingerprint density at radius 3 is 0.765 bits per heavy atom. The van der Waals surface area contributed by atoms with Crippen LogP contribution in [0, 0.1) is 0 Å². The van der Waals surface area contributed by atoms with Crippen molar-refractivity contribution in [3.63, 3.8) is 0 Å². The molecule has 0 aliphatic rings. The number of hydrogen-bond donors (Lipinski definition) is 0. The van der Waals surface area contributed by atoms with Gasteiger partial charge in [0.1, 0.15) is 0 Å². The van der Waals surface area contributed by atoms with Crippen LogP contribution in [0.2, 0.25) is 0 Å². The monoisotopic (exact) mass is 314 g/mol. The minimum atomic E-state index is 0. The van der Waals surface area contributed by atoms with Gasteiger partial charge in [0.2, 0.25) is 0 Å². The average Bonchev–Trinajstić information content (AvgIpc) is 2.23. The Labute approximate surface area is 161 Å². The molecule has 102 valence electrons. The zero-order valence-corrected chi connectivity index (χ0v) is 16.2. The molecule has 0 saturated heterocycles. The molecule has 0 unspecified atom stereocenters. The van der Waals surface area contributed by atoms with E-state index in [1.165, 1.54) is 0 Å². The molecule has 0 bridgehead atoms. The number of unbranched alkanes of at least 4 members (excludes halogenated alkanes) is 3. The third kappa shape index (κ3) is 71.8. The van der Waals surface area contributed by atoms with Gasteiger partial charge in [-0.2, -0.15) is 0 Å². The maximum absolute atomic E-state index is 9.53. The Balaban J connectivity index is -0.0000000400. The molecule has 5 heteroatoms. The Bertz CT molecular complexity index is 58.5. The summed E-state index contributed by atoms with van der Waals surface area (Å²) >= 11 is 0. The Kier molecular flexibility index (Phi) is 79.5. The smallest absolute Gasteiger partial charge is 0.854 e. The molecule has 0 heterocycles. The van der Waals surface area contributed by atoms with Gasteiger partial charge in [0.15, 0.2) is 0 Å². The Morgan fingerprint density at radius 2 is 0.765 bits per heavy atom. The average molecular weight is 314 g/mol. The van der Waals surface area contributed by atoms with Crippen LogP contribution >= 0.6 is 0 Å². The van der Waals surface area contributed by atoms with Crippen LogP contribution in [0.4, 0.5) is 0 Å². The van der Waals surface area contributed by atoms with E-state index in [0.717, 1.165) is 38.5 Å². The van der Waals surface area contributed by atoms with Gasteiger partial charge in [-0.1, -0.05) is 59.3 Å². The van der Waals surface area contributed by atoms with E-state index in [4.69, 9.17) is 0 Å². The Hall–Kier alpha value is 2.04. The fourth-order valence-electron chi connectivity index (χ4n) is 0.433. The molecular formula is C12H27FeKO3. The summed E-state index contributed by atoms with van der Waals surface area (Å²) in [5, 5.41) is 28.6. The van der Waals surface area contributed by atoms with Gasteiger partial charge in [-0.25, -0.2) is 0 Å². The molecule has 0 rings (SSSR count). The summed E-state index contributed by atoms with van der Waals surface area (Å²) in [6.07, 6.45) is 5.59. The summed E-state index contributed by atoms with van der Waals surface area (Å²) in [6, 6.07) is 0. The zero-order valence-electron chi connectivity index (χ0n) is 11.9. The molecule has 0 amide bonds. The molecule has 17 heavy (non-hydrogen) atoms. The maximum Gasteiger partial charge on any atom is 2.00 e. The molecule has 0 aliphatic heterocycles. The molecule has 0 spiro atoms. The van der Waals surface area contributed by atoms with Crippen molar-refractivity contribution >= 4 is 0 Å². The maximum atomic E-state index is 9.53. The third-order valence-electron chi connectivity index (χ3n) is 1.49. The van der Waals surface area contributed by atoms with Gasteiger partial charge >= 0.3 is 68.5 Å². The van der Waals surface area contributed by atoms with E-state index >= 15 is 0 Å². The van der Waals surface area contributed by atoms with Crippen LogP contribution in [0.5, 0.6) is 0 Å². The van der Waals surface area contributed by atoms with Gasteiger partial charge in [-0.15, -0.1) is 19.8 Å². The summed E-state index contributed by atoms with van der Waals surface area (Å²) in [4.78, 5) is 0. The zero-order chi connectivity index (χ0) is 12.4. The minimum Gasteiger partial charge on any atom is -0.854 e. The third-order valence-corrected chi connectivity index (χ3v) is 1.49. The van der Waals surface area contributed by atoms with Gasteiger partial charge < -0.3 is 15.3 Å². The largest absolute Gasteiger partial charge is 2.00 e. The normalized spacial score (nSPS) is 7.41. The van der Waals surface area contributed by atoms with Crippen LogP contribution in [0.1, 0.15) is 59.3 Å². The number of rotatable bonds is 6. The summed E-state index contributed by atoms with van der Waals surface area (Å²) in [5.74, 6) is 0. The van der Waals surface area contributed by atoms with Crippen LogP contribution < -0.4 is 66.7 Å². The van der Waals surface area contributed by atoms with Gasteiger partial charge in [0.05, 0.1) is 0 Å². The molecule has 0 saturated carbocycles. The molecule has 0 aromatic rings. The van der Waals surface area contributed by atoms with Crippen molar-refractivity contribution in [2.75, 3.05) is 19.8 Å². The SMILES string of the molecule is CCCC[O-].CCCC[O-].CCCC[O-].[Fe+2].[K+]. The molecule has 0 fully saturated rings. The fourth-order valence-corrected chi connectivity index (χ4v) is 0.433.